The number of piperidine rings is 1. The van der Waals surface area contributed by atoms with E-state index in [-0.39, 0.29) is 0 Å². The maximum Gasteiger partial charge on any atom is 0.0443 e. The van der Waals surface area contributed by atoms with E-state index in [0.717, 1.165) is 10.9 Å². The lowest BCUT2D eigenvalue weighted by Gasteiger charge is -2.23. The van der Waals surface area contributed by atoms with Gasteiger partial charge in [-0.25, -0.2) is 0 Å². The first kappa shape index (κ1) is 13.8. The smallest absolute Gasteiger partial charge is 0.0443 e. The summed E-state index contributed by atoms with van der Waals surface area (Å²) in [7, 11) is 0. The molecule has 3 rings (SSSR count). The van der Waals surface area contributed by atoms with E-state index in [1.807, 2.05) is 0 Å². The Morgan fingerprint density at radius 1 is 1.32 bits per heavy atom. The molecule has 0 bridgehead atoms. The second-order valence-corrected chi connectivity index (χ2v) is 7.39. The second-order valence-electron chi connectivity index (χ2n) is 5.83. The first-order chi connectivity index (χ1) is 9.33. The van der Waals surface area contributed by atoms with Crippen LogP contribution in [0, 0.1) is 5.92 Å². The first-order valence-electron chi connectivity index (χ1n) is 7.39. The van der Waals surface area contributed by atoms with Crippen molar-refractivity contribution >= 4 is 23.4 Å². The van der Waals surface area contributed by atoms with Crippen molar-refractivity contribution in [2.24, 2.45) is 5.92 Å². The van der Waals surface area contributed by atoms with Crippen LogP contribution in [-0.2, 0) is 6.42 Å². The monoisotopic (exact) mass is 295 g/mol. The standard InChI is InChI=1S/C16H22ClNS/c17-16-9-12(8-13-2-1-6-18-10-13)3-4-15(16)14-5-7-19-11-14/h3-4,9,13-14,18H,1-2,5-8,10-11H2. The summed E-state index contributed by atoms with van der Waals surface area (Å²) in [6.07, 6.45) is 5.13. The zero-order valence-corrected chi connectivity index (χ0v) is 12.9. The average Bonchev–Trinajstić information content (AvgIpc) is 2.94. The largest absolute Gasteiger partial charge is 0.316 e. The van der Waals surface area contributed by atoms with Gasteiger partial charge in [-0.15, -0.1) is 0 Å². The van der Waals surface area contributed by atoms with Gasteiger partial charge >= 0.3 is 0 Å². The SMILES string of the molecule is Clc1cc(CC2CCCNC2)ccc1C1CCSC1. The van der Waals surface area contributed by atoms with Crippen molar-refractivity contribution in [3.63, 3.8) is 0 Å². The Labute approximate surface area is 125 Å². The van der Waals surface area contributed by atoms with Gasteiger partial charge in [-0.3, -0.25) is 0 Å². The van der Waals surface area contributed by atoms with E-state index in [2.05, 4.69) is 35.3 Å². The molecule has 2 atom stereocenters. The summed E-state index contributed by atoms with van der Waals surface area (Å²) in [6, 6.07) is 6.80. The third kappa shape index (κ3) is 3.48. The van der Waals surface area contributed by atoms with Crippen molar-refractivity contribution in [1.29, 1.82) is 0 Å². The zero-order valence-electron chi connectivity index (χ0n) is 11.3. The lowest BCUT2D eigenvalue weighted by Crippen LogP contribution is -2.30. The third-order valence-electron chi connectivity index (χ3n) is 4.36. The summed E-state index contributed by atoms with van der Waals surface area (Å²) in [5, 5.41) is 4.48. The normalized spacial score (nSPS) is 27.6. The Balaban J connectivity index is 1.67. The molecular weight excluding hydrogens is 274 g/mol. The lowest BCUT2D eigenvalue weighted by molar-refractivity contribution is 0.376. The van der Waals surface area contributed by atoms with Crippen LogP contribution in [0.5, 0.6) is 0 Å². The summed E-state index contributed by atoms with van der Waals surface area (Å²) >= 11 is 8.55. The van der Waals surface area contributed by atoms with Crippen LogP contribution in [0.1, 0.15) is 36.3 Å². The van der Waals surface area contributed by atoms with Gasteiger partial charge in [0.05, 0.1) is 0 Å². The van der Waals surface area contributed by atoms with Crippen LogP contribution in [0.2, 0.25) is 5.02 Å². The van der Waals surface area contributed by atoms with E-state index in [1.54, 1.807) is 0 Å². The Bertz CT molecular complexity index is 423. The van der Waals surface area contributed by atoms with E-state index < -0.39 is 0 Å². The fraction of sp³-hybridized carbons (Fsp3) is 0.625. The number of halogens is 1. The van der Waals surface area contributed by atoms with Crippen molar-refractivity contribution in [1.82, 2.24) is 5.32 Å². The molecular formula is C16H22ClNS. The summed E-state index contributed by atoms with van der Waals surface area (Å²) in [4.78, 5) is 0. The number of benzene rings is 1. The van der Waals surface area contributed by atoms with Gasteiger partial charge in [0.15, 0.2) is 0 Å². The van der Waals surface area contributed by atoms with Crippen molar-refractivity contribution in [3.8, 4) is 0 Å². The number of hydrogen-bond donors (Lipinski definition) is 1. The quantitative estimate of drug-likeness (QED) is 0.901. The summed E-state index contributed by atoms with van der Waals surface area (Å²) in [5.41, 5.74) is 2.78. The summed E-state index contributed by atoms with van der Waals surface area (Å²) < 4.78 is 0. The predicted octanol–water partition coefficient (Wildman–Crippen LogP) is 4.10. The topological polar surface area (TPSA) is 12.0 Å². The molecule has 2 fully saturated rings. The van der Waals surface area contributed by atoms with Gasteiger partial charge in [0, 0.05) is 10.8 Å². The molecule has 2 saturated heterocycles. The minimum absolute atomic E-state index is 0.683. The van der Waals surface area contributed by atoms with Crippen LogP contribution in [0.25, 0.3) is 0 Å². The maximum atomic E-state index is 6.50. The van der Waals surface area contributed by atoms with Crippen LogP contribution in [0.3, 0.4) is 0 Å². The molecule has 0 aliphatic carbocycles. The molecule has 1 nitrogen and oxygen atoms in total. The number of hydrogen-bond acceptors (Lipinski definition) is 2. The van der Waals surface area contributed by atoms with Crippen molar-refractivity contribution < 1.29 is 0 Å². The molecule has 104 valence electrons. The number of nitrogens with one attached hydrogen (secondary N) is 1. The Morgan fingerprint density at radius 3 is 2.95 bits per heavy atom. The van der Waals surface area contributed by atoms with Crippen molar-refractivity contribution in [3.05, 3.63) is 34.3 Å². The molecule has 3 heteroatoms. The molecule has 0 saturated carbocycles. The molecule has 0 aromatic heterocycles. The molecule has 1 N–H and O–H groups in total. The fourth-order valence-corrected chi connectivity index (χ4v) is 4.85. The molecule has 2 unspecified atom stereocenters. The molecule has 1 aromatic carbocycles. The fourth-order valence-electron chi connectivity index (χ4n) is 3.24. The lowest BCUT2D eigenvalue weighted by atomic mass is 9.90. The average molecular weight is 296 g/mol. The maximum absolute atomic E-state index is 6.50. The van der Waals surface area contributed by atoms with E-state index in [9.17, 15) is 0 Å². The van der Waals surface area contributed by atoms with E-state index in [4.69, 9.17) is 11.6 Å². The van der Waals surface area contributed by atoms with Gasteiger partial charge in [-0.1, -0.05) is 23.7 Å². The predicted molar refractivity (Wildman–Crippen MR) is 85.4 cm³/mol. The molecule has 2 aliphatic rings. The highest BCUT2D eigenvalue weighted by Gasteiger charge is 2.20. The highest BCUT2D eigenvalue weighted by atomic mass is 35.5. The van der Waals surface area contributed by atoms with Crippen molar-refractivity contribution in [2.75, 3.05) is 24.6 Å². The minimum atomic E-state index is 0.683. The Hall–Kier alpha value is -0.180. The van der Waals surface area contributed by atoms with Gasteiger partial charge in [-0.2, -0.15) is 11.8 Å². The van der Waals surface area contributed by atoms with E-state index >= 15 is 0 Å². The van der Waals surface area contributed by atoms with Gasteiger partial charge in [0.1, 0.15) is 0 Å². The van der Waals surface area contributed by atoms with Gasteiger partial charge in [0.2, 0.25) is 0 Å². The molecule has 1 aromatic rings. The minimum Gasteiger partial charge on any atom is -0.316 e. The summed E-state index contributed by atoms with van der Waals surface area (Å²) in [5.74, 6) is 4.00. The van der Waals surface area contributed by atoms with Crippen LogP contribution in [0.15, 0.2) is 18.2 Å². The van der Waals surface area contributed by atoms with Crippen molar-refractivity contribution in [2.45, 2.75) is 31.6 Å². The summed E-state index contributed by atoms with van der Waals surface area (Å²) in [6.45, 7) is 2.36. The Kier molecular flexibility index (Phi) is 4.73. The zero-order chi connectivity index (χ0) is 13.1. The molecule has 2 heterocycles. The third-order valence-corrected chi connectivity index (χ3v) is 5.85. The molecule has 0 amide bonds. The highest BCUT2D eigenvalue weighted by molar-refractivity contribution is 7.99. The molecule has 2 aliphatic heterocycles. The van der Waals surface area contributed by atoms with Gasteiger partial charge < -0.3 is 5.32 Å². The van der Waals surface area contributed by atoms with Gasteiger partial charge in [-0.05, 0) is 73.6 Å². The number of rotatable bonds is 3. The molecule has 0 radical (unpaired) electrons. The van der Waals surface area contributed by atoms with Crippen LogP contribution in [0.4, 0.5) is 0 Å². The van der Waals surface area contributed by atoms with Gasteiger partial charge in [0.25, 0.3) is 0 Å². The van der Waals surface area contributed by atoms with E-state index in [0.29, 0.717) is 5.92 Å². The molecule has 19 heavy (non-hydrogen) atoms. The molecule has 0 spiro atoms. The van der Waals surface area contributed by atoms with Crippen LogP contribution in [-0.4, -0.2) is 24.6 Å². The first-order valence-corrected chi connectivity index (χ1v) is 8.93. The second kappa shape index (κ2) is 6.51. The van der Waals surface area contributed by atoms with Crippen LogP contribution < -0.4 is 5.32 Å². The Morgan fingerprint density at radius 2 is 2.26 bits per heavy atom. The van der Waals surface area contributed by atoms with Crippen LogP contribution >= 0.6 is 23.4 Å². The van der Waals surface area contributed by atoms with E-state index in [1.165, 1.54) is 61.4 Å². The highest BCUT2D eigenvalue weighted by Crippen LogP contribution is 2.36. The number of thioether (sulfide) groups is 1.